The van der Waals surface area contributed by atoms with Crippen molar-refractivity contribution < 1.29 is 0 Å². The number of likely N-dealkylation sites (tertiary alicyclic amines) is 1. The van der Waals surface area contributed by atoms with E-state index >= 15 is 0 Å². The number of hydrogen-bond acceptors (Lipinski definition) is 3. The summed E-state index contributed by atoms with van der Waals surface area (Å²) in [5, 5.41) is 0. The van der Waals surface area contributed by atoms with E-state index < -0.39 is 0 Å². The van der Waals surface area contributed by atoms with Gasteiger partial charge in [0.05, 0.1) is 0 Å². The molecular formula is C11H16N2S. The first kappa shape index (κ1) is 9.99. The Hall–Kier alpha value is -0.540. The van der Waals surface area contributed by atoms with Gasteiger partial charge in [0.25, 0.3) is 0 Å². The lowest BCUT2D eigenvalue weighted by atomic mass is 10.2. The second-order valence-corrected chi connectivity index (χ2v) is 4.87. The molecule has 3 heteroatoms. The first-order valence-corrected chi connectivity index (χ1v) is 6.08. The van der Waals surface area contributed by atoms with Gasteiger partial charge in [0, 0.05) is 29.1 Å². The molecule has 0 radical (unpaired) electrons. The Bertz CT molecular complexity index is 276. The van der Waals surface area contributed by atoms with E-state index in [9.17, 15) is 0 Å². The van der Waals surface area contributed by atoms with Crippen LogP contribution in [-0.4, -0.2) is 35.3 Å². The molecule has 2 rings (SSSR count). The quantitative estimate of drug-likeness (QED) is 0.709. The monoisotopic (exact) mass is 208 g/mol. The summed E-state index contributed by atoms with van der Waals surface area (Å²) in [5.74, 6) is 1.20. The Balaban J connectivity index is 1.82. The van der Waals surface area contributed by atoms with E-state index in [2.05, 4.69) is 23.0 Å². The van der Waals surface area contributed by atoms with Crippen LogP contribution in [0.2, 0.25) is 0 Å². The lowest BCUT2D eigenvalue weighted by Crippen LogP contribution is -2.26. The van der Waals surface area contributed by atoms with Gasteiger partial charge >= 0.3 is 0 Å². The van der Waals surface area contributed by atoms with Crippen molar-refractivity contribution in [1.29, 1.82) is 0 Å². The number of rotatable bonds is 3. The Labute approximate surface area is 89.7 Å². The maximum Gasteiger partial charge on any atom is 0.0403 e. The Morgan fingerprint density at radius 3 is 3.21 bits per heavy atom. The third-order valence-corrected chi connectivity index (χ3v) is 3.87. The average molecular weight is 208 g/mol. The minimum atomic E-state index is 0.764. The van der Waals surface area contributed by atoms with Crippen LogP contribution in [0.25, 0.3) is 0 Å². The number of thioether (sulfide) groups is 1. The maximum absolute atomic E-state index is 4.11. The van der Waals surface area contributed by atoms with Gasteiger partial charge in [-0.2, -0.15) is 0 Å². The average Bonchev–Trinajstić information content (AvgIpc) is 2.63. The summed E-state index contributed by atoms with van der Waals surface area (Å²) in [5.41, 5.74) is 0. The SMILES string of the molecule is CN1CCCC1CSc1cccnc1. The molecule has 0 aromatic carbocycles. The fraction of sp³-hybridized carbons (Fsp3) is 0.545. The smallest absolute Gasteiger partial charge is 0.0403 e. The van der Waals surface area contributed by atoms with Crippen molar-refractivity contribution in [2.24, 2.45) is 0 Å². The normalized spacial score (nSPS) is 22.8. The molecule has 1 aliphatic heterocycles. The van der Waals surface area contributed by atoms with Crippen LogP contribution in [0.15, 0.2) is 29.4 Å². The maximum atomic E-state index is 4.11. The van der Waals surface area contributed by atoms with Gasteiger partial charge in [0.2, 0.25) is 0 Å². The van der Waals surface area contributed by atoms with Gasteiger partial charge in [-0.05, 0) is 38.6 Å². The van der Waals surface area contributed by atoms with Crippen LogP contribution in [0.3, 0.4) is 0 Å². The summed E-state index contributed by atoms with van der Waals surface area (Å²) in [4.78, 5) is 7.86. The van der Waals surface area contributed by atoms with Gasteiger partial charge in [0.15, 0.2) is 0 Å². The molecule has 1 aliphatic rings. The molecule has 14 heavy (non-hydrogen) atoms. The predicted molar refractivity (Wildman–Crippen MR) is 60.6 cm³/mol. The van der Waals surface area contributed by atoms with E-state index in [4.69, 9.17) is 0 Å². The van der Waals surface area contributed by atoms with Crippen LogP contribution in [0.1, 0.15) is 12.8 Å². The Morgan fingerprint density at radius 1 is 1.64 bits per heavy atom. The molecule has 0 amide bonds. The second kappa shape index (κ2) is 4.80. The minimum Gasteiger partial charge on any atom is -0.303 e. The molecule has 1 unspecified atom stereocenters. The summed E-state index contributed by atoms with van der Waals surface area (Å²) in [7, 11) is 2.22. The van der Waals surface area contributed by atoms with Crippen molar-refractivity contribution in [2.45, 2.75) is 23.8 Å². The van der Waals surface area contributed by atoms with Gasteiger partial charge in [-0.1, -0.05) is 0 Å². The molecule has 0 spiro atoms. The highest BCUT2D eigenvalue weighted by Gasteiger charge is 2.20. The van der Waals surface area contributed by atoms with E-state index in [0.717, 1.165) is 6.04 Å². The van der Waals surface area contributed by atoms with Crippen molar-refractivity contribution in [3.8, 4) is 0 Å². The lowest BCUT2D eigenvalue weighted by molar-refractivity contribution is 0.335. The van der Waals surface area contributed by atoms with Gasteiger partial charge in [0.1, 0.15) is 0 Å². The molecule has 2 nitrogen and oxygen atoms in total. The number of hydrogen-bond donors (Lipinski definition) is 0. The number of pyridine rings is 1. The van der Waals surface area contributed by atoms with Gasteiger partial charge in [-0.15, -0.1) is 11.8 Å². The molecule has 1 fully saturated rings. The number of aromatic nitrogens is 1. The van der Waals surface area contributed by atoms with Crippen LogP contribution in [-0.2, 0) is 0 Å². The molecule has 1 atom stereocenters. The molecule has 0 saturated carbocycles. The Kier molecular flexibility index (Phi) is 3.43. The van der Waals surface area contributed by atoms with Gasteiger partial charge in [-0.3, -0.25) is 4.98 Å². The van der Waals surface area contributed by atoms with E-state index in [0.29, 0.717) is 0 Å². The van der Waals surface area contributed by atoms with Crippen molar-refractivity contribution in [2.75, 3.05) is 19.3 Å². The summed E-state index contributed by atoms with van der Waals surface area (Å²) in [6.07, 6.45) is 6.48. The highest BCUT2D eigenvalue weighted by atomic mass is 32.2. The standard InChI is InChI=1S/C11H16N2S/c1-13-7-3-4-10(13)9-14-11-5-2-6-12-8-11/h2,5-6,8,10H,3-4,7,9H2,1H3. The highest BCUT2D eigenvalue weighted by Crippen LogP contribution is 2.23. The van der Waals surface area contributed by atoms with Gasteiger partial charge in [-0.25, -0.2) is 0 Å². The van der Waals surface area contributed by atoms with E-state index in [1.54, 1.807) is 0 Å². The van der Waals surface area contributed by atoms with E-state index in [1.807, 2.05) is 30.2 Å². The third kappa shape index (κ3) is 2.49. The summed E-state index contributed by atoms with van der Waals surface area (Å²) in [6, 6.07) is 4.90. The second-order valence-electron chi connectivity index (χ2n) is 3.78. The lowest BCUT2D eigenvalue weighted by Gasteiger charge is -2.18. The van der Waals surface area contributed by atoms with Crippen molar-refractivity contribution in [1.82, 2.24) is 9.88 Å². The molecule has 1 saturated heterocycles. The zero-order valence-corrected chi connectivity index (χ0v) is 9.33. The fourth-order valence-electron chi connectivity index (χ4n) is 1.81. The first-order valence-electron chi connectivity index (χ1n) is 5.09. The van der Waals surface area contributed by atoms with Crippen molar-refractivity contribution in [3.05, 3.63) is 24.5 Å². The molecule has 2 heterocycles. The van der Waals surface area contributed by atoms with Crippen LogP contribution < -0.4 is 0 Å². The van der Waals surface area contributed by atoms with Crippen molar-refractivity contribution in [3.63, 3.8) is 0 Å². The predicted octanol–water partition coefficient (Wildman–Crippen LogP) is 2.27. The van der Waals surface area contributed by atoms with Crippen LogP contribution in [0.4, 0.5) is 0 Å². The molecule has 1 aromatic heterocycles. The highest BCUT2D eigenvalue weighted by molar-refractivity contribution is 7.99. The molecule has 0 aliphatic carbocycles. The van der Waals surface area contributed by atoms with Gasteiger partial charge < -0.3 is 4.90 Å². The molecule has 0 N–H and O–H groups in total. The first-order chi connectivity index (χ1) is 6.86. The summed E-state index contributed by atoms with van der Waals surface area (Å²) in [6.45, 7) is 1.26. The summed E-state index contributed by atoms with van der Waals surface area (Å²) >= 11 is 1.92. The zero-order valence-electron chi connectivity index (χ0n) is 8.52. The van der Waals surface area contributed by atoms with E-state index in [1.165, 1.54) is 30.0 Å². The van der Waals surface area contributed by atoms with E-state index in [-0.39, 0.29) is 0 Å². The molecular weight excluding hydrogens is 192 g/mol. The zero-order chi connectivity index (χ0) is 9.80. The minimum absolute atomic E-state index is 0.764. The van der Waals surface area contributed by atoms with Crippen LogP contribution >= 0.6 is 11.8 Å². The molecule has 1 aromatic rings. The molecule has 76 valence electrons. The summed E-state index contributed by atoms with van der Waals surface area (Å²) < 4.78 is 0. The van der Waals surface area contributed by atoms with Crippen LogP contribution in [0.5, 0.6) is 0 Å². The molecule has 0 bridgehead atoms. The topological polar surface area (TPSA) is 16.1 Å². The number of nitrogens with zero attached hydrogens (tertiary/aromatic N) is 2. The fourth-order valence-corrected chi connectivity index (χ4v) is 2.93. The Morgan fingerprint density at radius 2 is 2.57 bits per heavy atom. The van der Waals surface area contributed by atoms with Crippen molar-refractivity contribution >= 4 is 11.8 Å². The van der Waals surface area contributed by atoms with Crippen LogP contribution in [0, 0.1) is 0 Å². The largest absolute Gasteiger partial charge is 0.303 e. The third-order valence-electron chi connectivity index (χ3n) is 2.75.